The molecule has 2 aromatic carbocycles. The zero-order valence-corrected chi connectivity index (χ0v) is 35.8. The van der Waals surface area contributed by atoms with Crippen molar-refractivity contribution in [1.29, 1.82) is 0 Å². The van der Waals surface area contributed by atoms with Crippen LogP contribution in [0.1, 0.15) is 202 Å². The average molecular weight is 818 g/mol. The Morgan fingerprint density at radius 2 is 0.660 bits per heavy atom. The van der Waals surface area contributed by atoms with Gasteiger partial charge in [0.25, 0.3) is 0 Å². The second-order valence-electron chi connectivity index (χ2n) is 16.4. The van der Waals surface area contributed by atoms with Crippen molar-refractivity contribution in [2.45, 2.75) is 173 Å². The number of aryl methyl sites for hydroxylation is 3. The third-order valence-electron chi connectivity index (χ3n) is 12.5. The minimum absolute atomic E-state index is 0. The minimum atomic E-state index is 0. The molecular weight excluding hydrogens is 757 g/mol. The fourth-order valence-corrected chi connectivity index (χ4v) is 9.98. The molecule has 4 aliphatic carbocycles. The molecule has 4 aliphatic rings. The van der Waals surface area contributed by atoms with Gasteiger partial charge in [0.05, 0.1) is 35.2 Å². The molecule has 1 heterocycles. The summed E-state index contributed by atoms with van der Waals surface area (Å²) in [6.45, 7) is 6.79. The first-order valence-electron chi connectivity index (χ1n) is 20.4. The Morgan fingerprint density at radius 3 is 0.925 bits per heavy atom. The number of pyridine rings is 1. The van der Waals surface area contributed by atoms with E-state index in [1.165, 1.54) is 179 Å². The van der Waals surface area contributed by atoms with Crippen molar-refractivity contribution in [2.24, 2.45) is 9.98 Å². The number of hydrogen-bond acceptors (Lipinski definition) is 3. The summed E-state index contributed by atoms with van der Waals surface area (Å²) in [6, 6.07) is 14.3. The molecule has 289 valence electrons. The molecule has 0 amide bonds. The van der Waals surface area contributed by atoms with Crippen molar-refractivity contribution in [2.75, 3.05) is 0 Å². The molecule has 1 aromatic heterocycles. The number of aromatic nitrogens is 1. The molecule has 7 heteroatoms. The predicted octanol–water partition coefficient (Wildman–Crippen LogP) is 4.71. The molecule has 53 heavy (non-hydrogen) atoms. The molecule has 7 rings (SSSR count). The second kappa shape index (κ2) is 22.2. The Labute approximate surface area is 350 Å². The molecule has 0 aliphatic heterocycles. The van der Waals surface area contributed by atoms with Gasteiger partial charge in [-0.1, -0.05) is 112 Å². The summed E-state index contributed by atoms with van der Waals surface area (Å²) in [4.78, 5) is 16.0. The van der Waals surface area contributed by atoms with Crippen molar-refractivity contribution in [1.82, 2.24) is 4.98 Å². The predicted molar refractivity (Wildman–Crippen MR) is 209 cm³/mol. The molecule has 0 N–H and O–H groups in total. The van der Waals surface area contributed by atoms with Crippen LogP contribution in [-0.2, 0) is 17.1 Å². The maximum Gasteiger partial charge on any atom is 3.00 e. The van der Waals surface area contributed by atoms with Gasteiger partial charge in [-0.25, -0.2) is 4.98 Å². The van der Waals surface area contributed by atoms with Crippen LogP contribution in [0.2, 0.25) is 0 Å². The molecule has 4 fully saturated rings. The number of hydrogen-bond donors (Lipinski definition) is 0. The van der Waals surface area contributed by atoms with Crippen LogP contribution in [0.4, 0.5) is 11.4 Å². The fourth-order valence-electron chi connectivity index (χ4n) is 9.98. The third kappa shape index (κ3) is 11.7. The van der Waals surface area contributed by atoms with Gasteiger partial charge in [-0.05, 0) is 136 Å². The maximum atomic E-state index is 5.40. The Morgan fingerprint density at radius 1 is 0.415 bits per heavy atom. The van der Waals surface area contributed by atoms with Crippen molar-refractivity contribution in [3.63, 3.8) is 0 Å². The first-order valence-corrected chi connectivity index (χ1v) is 20.4. The van der Waals surface area contributed by atoms with E-state index in [2.05, 4.69) is 69.6 Å². The van der Waals surface area contributed by atoms with Crippen molar-refractivity contribution >= 4 is 23.8 Å². The van der Waals surface area contributed by atoms with E-state index in [4.69, 9.17) is 15.0 Å². The number of rotatable bonds is 8. The van der Waals surface area contributed by atoms with Crippen molar-refractivity contribution in [3.05, 3.63) is 86.7 Å². The smallest absolute Gasteiger partial charge is 1.00 e. The molecule has 4 saturated carbocycles. The van der Waals surface area contributed by atoms with E-state index in [-0.39, 0.29) is 54.3 Å². The Kier molecular flexibility index (Phi) is 19.1. The third-order valence-corrected chi connectivity index (χ3v) is 12.5. The summed E-state index contributed by atoms with van der Waals surface area (Å²) in [7, 11) is 0. The van der Waals surface area contributed by atoms with Crippen LogP contribution in [-0.4, -0.2) is 17.4 Å². The van der Waals surface area contributed by atoms with Gasteiger partial charge >= 0.3 is 17.1 Å². The minimum Gasteiger partial charge on any atom is -1.00 e. The first kappa shape index (κ1) is 45.7. The first-order chi connectivity index (χ1) is 24.0. The van der Waals surface area contributed by atoms with Crippen LogP contribution in [0.15, 0.2) is 46.4 Å². The molecule has 0 atom stereocenters. The van der Waals surface area contributed by atoms with E-state index in [0.29, 0.717) is 23.7 Å². The van der Waals surface area contributed by atoms with Gasteiger partial charge in [-0.3, -0.25) is 9.98 Å². The number of benzene rings is 2. The molecule has 3 aromatic rings. The van der Waals surface area contributed by atoms with E-state index < -0.39 is 0 Å². The topological polar surface area (TPSA) is 37.6 Å². The van der Waals surface area contributed by atoms with Gasteiger partial charge in [0.2, 0.25) is 0 Å². The standard InChI is InChI=1S/C46H61N3.3ClH.Fe/c1-32-24-39(30-47-45-41(35-16-8-4-9-17-35)26-33(2)27-42(45)36-18-10-5-11-19-36)49-40(25-32)31-48-46-43(37-20-12-6-13-21-37)28-34(3)29-44(46)38-22-14-7-15-23-38;;;;/h24-31,35-38H,4-23H2,1-3H3;3*1H;/q;;;;+3/p-3. The molecule has 0 unspecified atom stereocenters. The molecule has 0 saturated heterocycles. The SMILES string of the molecule is Cc1cc(C=Nc2c(C3CCCCC3)cc(C)cc2C2CCCCC2)nc(C=Nc2c(C3CCCCC3)cc(C)cc2C2CCCCC2)c1.[Cl-].[Cl-].[Cl-].[Fe+3]. The quantitative estimate of drug-likeness (QED) is 0.240. The van der Waals surface area contributed by atoms with Gasteiger partial charge in [0, 0.05) is 0 Å². The van der Waals surface area contributed by atoms with Crippen LogP contribution >= 0.6 is 0 Å². The van der Waals surface area contributed by atoms with Gasteiger partial charge in [-0.15, -0.1) is 0 Å². The van der Waals surface area contributed by atoms with Gasteiger partial charge in [-0.2, -0.15) is 0 Å². The zero-order chi connectivity index (χ0) is 33.6. The second-order valence-corrected chi connectivity index (χ2v) is 16.4. The average Bonchev–Trinajstić information content (AvgIpc) is 3.14. The Bertz CT molecular complexity index is 1450. The Balaban J connectivity index is 0.00000189. The number of halogens is 3. The van der Waals surface area contributed by atoms with Crippen LogP contribution in [0.25, 0.3) is 0 Å². The summed E-state index contributed by atoms with van der Waals surface area (Å²) in [5.74, 6) is 2.51. The van der Waals surface area contributed by atoms with Gasteiger partial charge in [0.1, 0.15) is 0 Å². The van der Waals surface area contributed by atoms with Gasteiger partial charge in [0.15, 0.2) is 0 Å². The monoisotopic (exact) mass is 816 g/mol. The normalized spacial score (nSPS) is 19.3. The molecule has 1 radical (unpaired) electrons. The fraction of sp³-hybridized carbons (Fsp3) is 0.587. The summed E-state index contributed by atoms with van der Waals surface area (Å²) < 4.78 is 0. The van der Waals surface area contributed by atoms with E-state index >= 15 is 0 Å². The molecule has 0 spiro atoms. The zero-order valence-electron chi connectivity index (χ0n) is 32.4. The van der Waals surface area contributed by atoms with E-state index in [1.807, 2.05) is 0 Å². The van der Waals surface area contributed by atoms with Crippen LogP contribution in [0.3, 0.4) is 0 Å². The maximum absolute atomic E-state index is 5.40. The summed E-state index contributed by atoms with van der Waals surface area (Å²) in [5, 5.41) is 0. The molecule has 3 nitrogen and oxygen atoms in total. The summed E-state index contributed by atoms with van der Waals surface area (Å²) in [5.41, 5.74) is 14.4. The van der Waals surface area contributed by atoms with Crippen LogP contribution in [0.5, 0.6) is 0 Å². The number of aliphatic imine (C=N–C) groups is 2. The van der Waals surface area contributed by atoms with Gasteiger partial charge < -0.3 is 37.2 Å². The largest absolute Gasteiger partial charge is 3.00 e. The number of nitrogens with zero attached hydrogens (tertiary/aromatic N) is 3. The summed E-state index contributed by atoms with van der Waals surface area (Å²) >= 11 is 0. The van der Waals surface area contributed by atoms with Crippen LogP contribution in [0, 0.1) is 20.8 Å². The summed E-state index contributed by atoms with van der Waals surface area (Å²) in [6.07, 6.45) is 30.7. The van der Waals surface area contributed by atoms with Crippen molar-refractivity contribution in [3.8, 4) is 0 Å². The molecule has 0 bridgehead atoms. The van der Waals surface area contributed by atoms with E-state index in [1.54, 1.807) is 0 Å². The van der Waals surface area contributed by atoms with Crippen molar-refractivity contribution < 1.29 is 54.3 Å². The Hall–Kier alpha value is -1.68. The van der Waals surface area contributed by atoms with E-state index in [9.17, 15) is 0 Å². The van der Waals surface area contributed by atoms with Crippen LogP contribution < -0.4 is 37.2 Å². The van der Waals surface area contributed by atoms with E-state index in [0.717, 1.165) is 11.4 Å². The molecular formula is C46H61Cl3FeN3.